The van der Waals surface area contributed by atoms with Gasteiger partial charge in [-0.3, -0.25) is 4.90 Å². The average Bonchev–Trinajstić information content (AvgIpc) is 2.46. The Bertz CT molecular complexity index is 477. The highest BCUT2D eigenvalue weighted by Crippen LogP contribution is 2.37. The van der Waals surface area contributed by atoms with Gasteiger partial charge in [-0.25, -0.2) is 0 Å². The number of piperidine rings is 1. The van der Waals surface area contributed by atoms with E-state index < -0.39 is 11.7 Å². The van der Waals surface area contributed by atoms with Crippen molar-refractivity contribution in [3.05, 3.63) is 35.4 Å². The highest BCUT2D eigenvalue weighted by molar-refractivity contribution is 5.32. The molecule has 21 heavy (non-hydrogen) atoms. The van der Waals surface area contributed by atoms with E-state index >= 15 is 0 Å². The number of hydrogen-bond acceptors (Lipinski definition) is 2. The standard InChI is InChI=1S/C16H23F3N2/c1-12(21-10-8-15(2,20-3)9-11-21)13-6-4-5-7-14(13)16(17,18)19/h4-7,12,20H,8-11H2,1-3H3. The van der Waals surface area contributed by atoms with Gasteiger partial charge in [0.25, 0.3) is 0 Å². The van der Waals surface area contributed by atoms with Crippen LogP contribution in [0.25, 0.3) is 0 Å². The van der Waals surface area contributed by atoms with Gasteiger partial charge in [-0.1, -0.05) is 18.2 Å². The Hall–Kier alpha value is -1.07. The molecule has 1 aliphatic rings. The molecular weight excluding hydrogens is 277 g/mol. The summed E-state index contributed by atoms with van der Waals surface area (Å²) >= 11 is 0. The zero-order chi connectivity index (χ0) is 15.7. The molecule has 0 radical (unpaired) electrons. The van der Waals surface area contributed by atoms with Crippen LogP contribution in [0.3, 0.4) is 0 Å². The summed E-state index contributed by atoms with van der Waals surface area (Å²) in [5.41, 5.74) is -0.0442. The van der Waals surface area contributed by atoms with Gasteiger partial charge in [-0.05, 0) is 45.4 Å². The number of likely N-dealkylation sites (tertiary alicyclic amines) is 1. The van der Waals surface area contributed by atoms with Crippen molar-refractivity contribution in [3.63, 3.8) is 0 Å². The molecule has 1 aliphatic heterocycles. The van der Waals surface area contributed by atoms with Crippen molar-refractivity contribution in [3.8, 4) is 0 Å². The first-order valence-electron chi connectivity index (χ1n) is 7.36. The van der Waals surface area contributed by atoms with Gasteiger partial charge in [-0.2, -0.15) is 13.2 Å². The number of hydrogen-bond donors (Lipinski definition) is 1. The van der Waals surface area contributed by atoms with Crippen molar-refractivity contribution in [2.24, 2.45) is 0 Å². The Morgan fingerprint density at radius 2 is 1.76 bits per heavy atom. The SMILES string of the molecule is CNC1(C)CCN(C(C)c2ccccc2C(F)(F)F)CC1. The molecule has 0 aromatic heterocycles. The third kappa shape index (κ3) is 3.58. The summed E-state index contributed by atoms with van der Waals surface area (Å²) in [6.45, 7) is 5.65. The summed E-state index contributed by atoms with van der Waals surface area (Å²) in [7, 11) is 1.94. The molecule has 1 fully saturated rings. The zero-order valence-corrected chi connectivity index (χ0v) is 12.8. The molecule has 1 unspecified atom stereocenters. The summed E-state index contributed by atoms with van der Waals surface area (Å²) in [6.07, 6.45) is -2.40. The van der Waals surface area contributed by atoms with Crippen LogP contribution in [-0.2, 0) is 6.18 Å². The van der Waals surface area contributed by atoms with E-state index in [4.69, 9.17) is 0 Å². The van der Waals surface area contributed by atoms with E-state index in [2.05, 4.69) is 17.1 Å². The van der Waals surface area contributed by atoms with Crippen molar-refractivity contribution >= 4 is 0 Å². The highest BCUT2D eigenvalue weighted by atomic mass is 19.4. The fourth-order valence-corrected chi connectivity index (χ4v) is 2.97. The van der Waals surface area contributed by atoms with Crippen LogP contribution in [0.2, 0.25) is 0 Å². The second-order valence-corrected chi connectivity index (χ2v) is 6.11. The van der Waals surface area contributed by atoms with Crippen LogP contribution < -0.4 is 5.32 Å². The van der Waals surface area contributed by atoms with Crippen LogP contribution in [0.4, 0.5) is 13.2 Å². The number of alkyl halides is 3. The molecule has 2 nitrogen and oxygen atoms in total. The highest BCUT2D eigenvalue weighted by Gasteiger charge is 2.36. The fourth-order valence-electron chi connectivity index (χ4n) is 2.97. The third-order valence-electron chi connectivity index (χ3n) is 4.77. The summed E-state index contributed by atoms with van der Waals surface area (Å²) in [5, 5.41) is 3.31. The number of halogens is 3. The van der Waals surface area contributed by atoms with Crippen molar-refractivity contribution in [2.45, 2.75) is 44.4 Å². The minimum Gasteiger partial charge on any atom is -0.314 e. The van der Waals surface area contributed by atoms with Crippen molar-refractivity contribution < 1.29 is 13.2 Å². The lowest BCUT2D eigenvalue weighted by Gasteiger charge is -2.42. The predicted molar refractivity (Wildman–Crippen MR) is 78.1 cm³/mol. The number of nitrogens with zero attached hydrogens (tertiary/aromatic N) is 1. The topological polar surface area (TPSA) is 15.3 Å². The molecule has 1 aromatic carbocycles. The minimum atomic E-state index is -4.29. The molecule has 1 aromatic rings. The van der Waals surface area contributed by atoms with Gasteiger partial charge in [0.2, 0.25) is 0 Å². The molecule has 1 saturated heterocycles. The molecule has 118 valence electrons. The van der Waals surface area contributed by atoms with Crippen molar-refractivity contribution in [1.82, 2.24) is 10.2 Å². The van der Waals surface area contributed by atoms with Crippen molar-refractivity contribution in [2.75, 3.05) is 20.1 Å². The van der Waals surface area contributed by atoms with Gasteiger partial charge in [-0.15, -0.1) is 0 Å². The van der Waals surface area contributed by atoms with E-state index in [1.165, 1.54) is 12.1 Å². The van der Waals surface area contributed by atoms with Gasteiger partial charge in [0.15, 0.2) is 0 Å². The van der Waals surface area contributed by atoms with Gasteiger partial charge < -0.3 is 5.32 Å². The van der Waals surface area contributed by atoms with E-state index in [9.17, 15) is 13.2 Å². The maximum absolute atomic E-state index is 13.1. The Balaban J connectivity index is 2.17. The Morgan fingerprint density at radius 3 is 2.29 bits per heavy atom. The quantitative estimate of drug-likeness (QED) is 0.912. The third-order valence-corrected chi connectivity index (χ3v) is 4.77. The molecule has 1 N–H and O–H groups in total. The van der Waals surface area contributed by atoms with Crippen molar-refractivity contribution in [1.29, 1.82) is 0 Å². The van der Waals surface area contributed by atoms with Gasteiger partial charge >= 0.3 is 6.18 Å². The molecule has 0 spiro atoms. The number of nitrogens with one attached hydrogen (secondary N) is 1. The summed E-state index contributed by atoms with van der Waals surface area (Å²) in [4.78, 5) is 2.14. The molecule has 2 rings (SSSR count). The van der Waals surface area contributed by atoms with E-state index in [1.54, 1.807) is 12.1 Å². The second kappa shape index (κ2) is 5.97. The second-order valence-electron chi connectivity index (χ2n) is 6.11. The summed E-state index contributed by atoms with van der Waals surface area (Å²) < 4.78 is 39.4. The van der Waals surface area contributed by atoms with E-state index in [1.807, 2.05) is 14.0 Å². The molecule has 1 atom stereocenters. The van der Waals surface area contributed by atoms with Crippen LogP contribution in [0.15, 0.2) is 24.3 Å². The Labute approximate surface area is 124 Å². The van der Waals surface area contributed by atoms with Crippen LogP contribution in [0.1, 0.15) is 43.9 Å². The zero-order valence-electron chi connectivity index (χ0n) is 12.8. The average molecular weight is 300 g/mol. The van der Waals surface area contributed by atoms with E-state index in [0.717, 1.165) is 25.9 Å². The van der Waals surface area contributed by atoms with E-state index in [-0.39, 0.29) is 11.6 Å². The maximum Gasteiger partial charge on any atom is 0.416 e. The molecule has 0 bridgehead atoms. The normalized spacial score (nSPS) is 21.2. The van der Waals surface area contributed by atoms with Crippen LogP contribution >= 0.6 is 0 Å². The monoisotopic (exact) mass is 300 g/mol. The fraction of sp³-hybridized carbons (Fsp3) is 0.625. The Kier molecular flexibility index (Phi) is 4.63. The maximum atomic E-state index is 13.1. The first kappa shape index (κ1) is 16.3. The van der Waals surface area contributed by atoms with Gasteiger partial charge in [0, 0.05) is 24.7 Å². The number of benzene rings is 1. The lowest BCUT2D eigenvalue weighted by Crippen LogP contribution is -2.50. The van der Waals surface area contributed by atoms with Crippen LogP contribution in [-0.4, -0.2) is 30.6 Å². The first-order valence-corrected chi connectivity index (χ1v) is 7.36. The largest absolute Gasteiger partial charge is 0.416 e. The lowest BCUT2D eigenvalue weighted by molar-refractivity contribution is -0.138. The molecule has 0 saturated carbocycles. The Morgan fingerprint density at radius 1 is 1.19 bits per heavy atom. The minimum absolute atomic E-state index is 0.0970. The lowest BCUT2D eigenvalue weighted by atomic mass is 9.88. The van der Waals surface area contributed by atoms with Crippen LogP contribution in [0.5, 0.6) is 0 Å². The van der Waals surface area contributed by atoms with E-state index in [0.29, 0.717) is 5.56 Å². The molecule has 5 heteroatoms. The molecule has 0 aliphatic carbocycles. The smallest absolute Gasteiger partial charge is 0.314 e. The van der Waals surface area contributed by atoms with Gasteiger partial charge in [0.05, 0.1) is 5.56 Å². The summed E-state index contributed by atoms with van der Waals surface area (Å²) in [6, 6.07) is 5.69. The first-order chi connectivity index (χ1) is 9.77. The molecule has 0 amide bonds. The molecular formula is C16H23F3N2. The predicted octanol–water partition coefficient (Wildman–Crippen LogP) is 3.84. The van der Waals surface area contributed by atoms with Crippen LogP contribution in [0, 0.1) is 0 Å². The summed E-state index contributed by atoms with van der Waals surface area (Å²) in [5.74, 6) is 0. The van der Waals surface area contributed by atoms with Gasteiger partial charge in [0.1, 0.15) is 0 Å². The molecule has 1 heterocycles. The number of rotatable bonds is 3.